The van der Waals surface area contributed by atoms with Crippen molar-refractivity contribution in [2.24, 2.45) is 0 Å². The quantitative estimate of drug-likeness (QED) is 0.136. The molecule has 1 aliphatic rings. The normalized spacial score (nSPS) is 19.2. The second-order valence-electron chi connectivity index (χ2n) is 11.5. The van der Waals surface area contributed by atoms with Crippen LogP contribution in [0.1, 0.15) is 37.4 Å². The van der Waals surface area contributed by atoms with Gasteiger partial charge in [0.15, 0.2) is 11.6 Å². The lowest BCUT2D eigenvalue weighted by Crippen LogP contribution is -2.69. The molecule has 1 aromatic heterocycles. The third-order valence-electron chi connectivity index (χ3n) is 8.54. The summed E-state index contributed by atoms with van der Waals surface area (Å²) in [5.41, 5.74) is -3.10. The van der Waals surface area contributed by atoms with Crippen LogP contribution in [-0.2, 0) is 28.8 Å². The van der Waals surface area contributed by atoms with Gasteiger partial charge < -0.3 is 10.3 Å². The van der Waals surface area contributed by atoms with Crippen molar-refractivity contribution in [3.05, 3.63) is 137 Å². The van der Waals surface area contributed by atoms with Gasteiger partial charge in [0.25, 0.3) is 0 Å². The molecular weight excluding hydrogens is 672 g/mol. The molecule has 2 heterocycles. The standard InChI is InChI=1S/C35H27F6N3O4S/c36-34(37,38)26-15-7-4-13-24(26)32(45)30-20-43-29(18-21-19-42-28-17-9-6-12-23(21)28)31(44(30)49(47,48)22-10-2-1-3-11-22)33(46)25-14-5-8-16-27(25)35(39,40)41/h1-17,19,29-31,42-43H,18,20H2. The third-order valence-corrected chi connectivity index (χ3v) is 10.4. The number of carbonyl (C=O) groups is 2. The lowest BCUT2D eigenvalue weighted by molar-refractivity contribution is -0.138. The largest absolute Gasteiger partial charge is 0.417 e. The number of H-pyrrole nitrogens is 1. The van der Waals surface area contributed by atoms with Crippen molar-refractivity contribution < 1.29 is 44.3 Å². The van der Waals surface area contributed by atoms with Gasteiger partial charge in [0.1, 0.15) is 12.1 Å². The summed E-state index contributed by atoms with van der Waals surface area (Å²) in [6, 6.07) is 16.1. The Morgan fingerprint density at radius 1 is 0.714 bits per heavy atom. The Kier molecular flexibility index (Phi) is 8.98. The summed E-state index contributed by atoms with van der Waals surface area (Å²) in [6.45, 7) is -0.547. The number of carbonyl (C=O) groups excluding carboxylic acids is 2. The fourth-order valence-electron chi connectivity index (χ4n) is 6.32. The highest BCUT2D eigenvalue weighted by molar-refractivity contribution is 7.89. The van der Waals surface area contributed by atoms with E-state index < -0.39 is 85.8 Å². The van der Waals surface area contributed by atoms with E-state index in [1.807, 2.05) is 0 Å². The monoisotopic (exact) mass is 699 g/mol. The number of nitrogens with zero attached hydrogens (tertiary/aromatic N) is 1. The molecule has 1 aliphatic heterocycles. The maximum absolute atomic E-state index is 14.5. The summed E-state index contributed by atoms with van der Waals surface area (Å²) >= 11 is 0. The first-order valence-electron chi connectivity index (χ1n) is 15.0. The summed E-state index contributed by atoms with van der Waals surface area (Å²) in [5, 5.41) is 3.66. The summed E-state index contributed by atoms with van der Waals surface area (Å²) in [5.74, 6) is -2.57. The van der Waals surface area contributed by atoms with Gasteiger partial charge in [-0.15, -0.1) is 0 Å². The lowest BCUT2D eigenvalue weighted by atomic mass is 9.86. The van der Waals surface area contributed by atoms with Crippen molar-refractivity contribution >= 4 is 32.5 Å². The Balaban J connectivity index is 1.57. The maximum Gasteiger partial charge on any atom is 0.417 e. The predicted octanol–water partition coefficient (Wildman–Crippen LogP) is 6.91. The van der Waals surface area contributed by atoms with E-state index in [9.17, 15) is 44.3 Å². The Labute approximate surface area is 276 Å². The number of piperazine rings is 1. The molecule has 14 heteroatoms. The number of ketones is 2. The molecule has 49 heavy (non-hydrogen) atoms. The number of aromatic amines is 1. The molecule has 2 N–H and O–H groups in total. The summed E-state index contributed by atoms with van der Waals surface area (Å²) < 4.78 is 115. The summed E-state index contributed by atoms with van der Waals surface area (Å²) in [7, 11) is -4.94. The Bertz CT molecular complexity index is 2130. The van der Waals surface area contributed by atoms with Crippen LogP contribution in [0.3, 0.4) is 0 Å². The van der Waals surface area contributed by atoms with E-state index in [1.54, 1.807) is 30.5 Å². The molecule has 4 aromatic carbocycles. The van der Waals surface area contributed by atoms with Gasteiger partial charge >= 0.3 is 12.4 Å². The highest BCUT2D eigenvalue weighted by Crippen LogP contribution is 2.38. The van der Waals surface area contributed by atoms with Crippen molar-refractivity contribution in [1.82, 2.24) is 14.6 Å². The Morgan fingerprint density at radius 2 is 1.24 bits per heavy atom. The number of hydrogen-bond donors (Lipinski definition) is 2. The minimum absolute atomic E-state index is 0.102. The smallest absolute Gasteiger partial charge is 0.361 e. The SMILES string of the molecule is O=C(c1ccccc1C(F)(F)F)C1CNC(Cc2c[nH]c3ccccc23)C(C(=O)c2ccccc2C(F)(F)F)N1S(=O)(=O)c1ccccc1. The van der Waals surface area contributed by atoms with Gasteiger partial charge in [0, 0.05) is 40.8 Å². The lowest BCUT2D eigenvalue weighted by Gasteiger charge is -2.44. The topological polar surface area (TPSA) is 99.3 Å². The molecule has 0 spiro atoms. The number of halogens is 6. The first-order chi connectivity index (χ1) is 23.2. The number of hydrogen-bond acceptors (Lipinski definition) is 5. The first kappa shape index (κ1) is 34.1. The number of alkyl halides is 6. The summed E-state index contributed by atoms with van der Waals surface area (Å²) in [4.78, 5) is 31.3. The number of aromatic nitrogens is 1. The average molecular weight is 700 g/mol. The van der Waals surface area contributed by atoms with Crippen molar-refractivity contribution in [3.8, 4) is 0 Å². The fraction of sp³-hybridized carbons (Fsp3) is 0.200. The number of para-hydroxylation sites is 1. The molecule has 5 aromatic rings. The zero-order valence-corrected chi connectivity index (χ0v) is 26.1. The molecule has 6 rings (SSSR count). The van der Waals surface area contributed by atoms with Crippen LogP contribution in [-0.4, -0.2) is 53.9 Å². The van der Waals surface area contributed by atoms with E-state index in [0.29, 0.717) is 32.9 Å². The van der Waals surface area contributed by atoms with E-state index in [2.05, 4.69) is 10.3 Å². The predicted molar refractivity (Wildman–Crippen MR) is 168 cm³/mol. The minimum Gasteiger partial charge on any atom is -0.361 e. The van der Waals surface area contributed by atoms with E-state index in [0.717, 1.165) is 24.3 Å². The van der Waals surface area contributed by atoms with Gasteiger partial charge in [-0.05, 0) is 42.3 Å². The van der Waals surface area contributed by atoms with Gasteiger partial charge in [0.05, 0.1) is 16.0 Å². The molecule has 0 radical (unpaired) electrons. The summed E-state index contributed by atoms with van der Waals surface area (Å²) in [6.07, 6.45) is -8.51. The van der Waals surface area contributed by atoms with Crippen molar-refractivity contribution in [2.75, 3.05) is 6.54 Å². The number of benzene rings is 4. The molecule has 3 unspecified atom stereocenters. The van der Waals surface area contributed by atoms with Crippen LogP contribution in [0.5, 0.6) is 0 Å². The van der Waals surface area contributed by atoms with E-state index >= 15 is 0 Å². The van der Waals surface area contributed by atoms with Crippen LogP contribution in [0.2, 0.25) is 0 Å². The molecular formula is C35H27F6N3O4S. The molecule has 0 amide bonds. The van der Waals surface area contributed by atoms with Gasteiger partial charge in [-0.25, -0.2) is 8.42 Å². The zero-order valence-electron chi connectivity index (χ0n) is 25.3. The van der Waals surface area contributed by atoms with E-state index in [-0.39, 0.29) is 6.42 Å². The minimum atomic E-state index is -5.02. The first-order valence-corrected chi connectivity index (χ1v) is 16.4. The van der Waals surface area contributed by atoms with Crippen LogP contribution in [0.15, 0.2) is 114 Å². The van der Waals surface area contributed by atoms with Gasteiger partial charge in [-0.2, -0.15) is 30.6 Å². The van der Waals surface area contributed by atoms with Crippen LogP contribution >= 0.6 is 0 Å². The molecule has 1 saturated heterocycles. The molecule has 1 fully saturated rings. The van der Waals surface area contributed by atoms with E-state index in [1.165, 1.54) is 42.5 Å². The van der Waals surface area contributed by atoms with Crippen LogP contribution in [0, 0.1) is 0 Å². The van der Waals surface area contributed by atoms with Crippen LogP contribution < -0.4 is 5.32 Å². The molecule has 254 valence electrons. The highest BCUT2D eigenvalue weighted by Gasteiger charge is 2.52. The maximum atomic E-state index is 14.5. The fourth-order valence-corrected chi connectivity index (χ4v) is 8.12. The van der Waals surface area contributed by atoms with Crippen molar-refractivity contribution in [1.29, 1.82) is 0 Å². The molecule has 0 saturated carbocycles. The molecule has 0 bridgehead atoms. The van der Waals surface area contributed by atoms with Gasteiger partial charge in [0.2, 0.25) is 10.0 Å². The zero-order chi connectivity index (χ0) is 35.1. The number of Topliss-reactive ketones (excluding diaryl/α,β-unsaturated/α-hetero) is 2. The highest BCUT2D eigenvalue weighted by atomic mass is 32.2. The van der Waals surface area contributed by atoms with Crippen molar-refractivity contribution in [3.63, 3.8) is 0 Å². The third kappa shape index (κ3) is 6.51. The Morgan fingerprint density at radius 3 is 1.86 bits per heavy atom. The van der Waals surface area contributed by atoms with Crippen LogP contribution in [0.4, 0.5) is 26.3 Å². The molecule has 7 nitrogen and oxygen atoms in total. The Hall–Kier alpha value is -4.79. The van der Waals surface area contributed by atoms with Crippen molar-refractivity contribution in [2.45, 2.75) is 41.8 Å². The number of nitrogens with one attached hydrogen (secondary N) is 2. The second kappa shape index (κ2) is 12.9. The average Bonchev–Trinajstić information content (AvgIpc) is 3.49. The van der Waals surface area contributed by atoms with Gasteiger partial charge in [-0.1, -0.05) is 72.8 Å². The van der Waals surface area contributed by atoms with E-state index in [4.69, 9.17) is 0 Å². The number of rotatable bonds is 8. The number of sulfonamides is 1. The van der Waals surface area contributed by atoms with Crippen LogP contribution in [0.25, 0.3) is 10.9 Å². The molecule has 0 aliphatic carbocycles. The number of fused-ring (bicyclic) bond motifs is 1. The second-order valence-corrected chi connectivity index (χ2v) is 13.3. The van der Waals surface area contributed by atoms with Gasteiger partial charge in [-0.3, -0.25) is 9.59 Å². The molecule has 3 atom stereocenters.